The second kappa shape index (κ2) is 8.40. The fourth-order valence-electron chi connectivity index (χ4n) is 3.34. The van der Waals surface area contributed by atoms with Crippen LogP contribution in [-0.2, 0) is 4.79 Å². The fraction of sp³-hybridized carbons (Fsp3) is 0.208. The molecular weight excluding hydrogens is 446 g/mol. The standard InChI is InChI=1S/C24H22BrNO4/c1-14(2)15-8-9-21(18(25)10-15)29-13-24(27)26-19-12-22-17(11-23(19)28-3)16-6-4-5-7-20(16)30-22/h4-12,14H,13H2,1-3H3,(H,26,27). The highest BCUT2D eigenvalue weighted by Gasteiger charge is 2.15. The molecule has 0 aliphatic heterocycles. The summed E-state index contributed by atoms with van der Waals surface area (Å²) in [5.74, 6) is 1.31. The molecule has 154 valence electrons. The van der Waals surface area contributed by atoms with E-state index < -0.39 is 0 Å². The number of nitrogens with one attached hydrogen (secondary N) is 1. The molecule has 0 aliphatic carbocycles. The van der Waals surface area contributed by atoms with Crippen LogP contribution in [0, 0.1) is 0 Å². The number of hydrogen-bond donors (Lipinski definition) is 1. The highest BCUT2D eigenvalue weighted by molar-refractivity contribution is 9.10. The van der Waals surface area contributed by atoms with E-state index in [0.29, 0.717) is 28.7 Å². The van der Waals surface area contributed by atoms with Crippen LogP contribution in [0.1, 0.15) is 25.3 Å². The van der Waals surface area contributed by atoms with Gasteiger partial charge in [0.1, 0.15) is 22.7 Å². The molecule has 4 aromatic rings. The van der Waals surface area contributed by atoms with Crippen LogP contribution in [0.2, 0.25) is 0 Å². The molecule has 0 radical (unpaired) electrons. The van der Waals surface area contributed by atoms with Crippen molar-refractivity contribution in [1.82, 2.24) is 0 Å². The van der Waals surface area contributed by atoms with E-state index in [-0.39, 0.29) is 12.5 Å². The van der Waals surface area contributed by atoms with Crippen LogP contribution < -0.4 is 14.8 Å². The number of fused-ring (bicyclic) bond motifs is 3. The van der Waals surface area contributed by atoms with Crippen molar-refractivity contribution < 1.29 is 18.7 Å². The Hall–Kier alpha value is -2.99. The van der Waals surface area contributed by atoms with Crippen molar-refractivity contribution in [3.8, 4) is 11.5 Å². The first-order valence-electron chi connectivity index (χ1n) is 9.67. The average molecular weight is 468 g/mol. The van der Waals surface area contributed by atoms with Gasteiger partial charge in [0.25, 0.3) is 5.91 Å². The maximum Gasteiger partial charge on any atom is 0.262 e. The third-order valence-electron chi connectivity index (χ3n) is 4.95. The molecule has 0 saturated heterocycles. The van der Waals surface area contributed by atoms with Crippen molar-refractivity contribution in [3.63, 3.8) is 0 Å². The number of halogens is 1. The van der Waals surface area contributed by atoms with E-state index in [2.05, 4.69) is 35.1 Å². The first kappa shape index (κ1) is 20.3. The van der Waals surface area contributed by atoms with Gasteiger partial charge in [-0.3, -0.25) is 4.79 Å². The minimum Gasteiger partial charge on any atom is -0.495 e. The van der Waals surface area contributed by atoms with Gasteiger partial charge in [0.05, 0.1) is 17.3 Å². The molecule has 6 heteroatoms. The number of anilines is 1. The molecular formula is C24H22BrNO4. The first-order valence-corrected chi connectivity index (χ1v) is 10.5. The van der Waals surface area contributed by atoms with Crippen LogP contribution in [0.15, 0.2) is 63.5 Å². The van der Waals surface area contributed by atoms with Crippen LogP contribution in [0.5, 0.6) is 11.5 Å². The summed E-state index contributed by atoms with van der Waals surface area (Å²) in [6.45, 7) is 4.13. The topological polar surface area (TPSA) is 60.7 Å². The molecule has 0 saturated carbocycles. The molecule has 30 heavy (non-hydrogen) atoms. The van der Waals surface area contributed by atoms with Crippen molar-refractivity contribution in [3.05, 3.63) is 64.6 Å². The van der Waals surface area contributed by atoms with Crippen LogP contribution >= 0.6 is 15.9 Å². The van der Waals surface area contributed by atoms with Gasteiger partial charge in [0, 0.05) is 16.8 Å². The smallest absolute Gasteiger partial charge is 0.262 e. The van der Waals surface area contributed by atoms with E-state index >= 15 is 0 Å². The van der Waals surface area contributed by atoms with Gasteiger partial charge < -0.3 is 19.2 Å². The number of carbonyl (C=O) groups is 1. The number of hydrogen-bond acceptors (Lipinski definition) is 4. The molecule has 4 rings (SSSR count). The lowest BCUT2D eigenvalue weighted by molar-refractivity contribution is -0.118. The van der Waals surface area contributed by atoms with Gasteiger partial charge in [-0.05, 0) is 51.7 Å². The van der Waals surface area contributed by atoms with Crippen molar-refractivity contribution in [2.45, 2.75) is 19.8 Å². The lowest BCUT2D eigenvalue weighted by atomic mass is 10.0. The lowest BCUT2D eigenvalue weighted by Crippen LogP contribution is -2.20. The minimum atomic E-state index is -0.288. The molecule has 1 aromatic heterocycles. The number of furan rings is 1. The van der Waals surface area contributed by atoms with Crippen LogP contribution in [0.25, 0.3) is 21.9 Å². The monoisotopic (exact) mass is 467 g/mol. The Labute approximate surface area is 183 Å². The SMILES string of the molecule is COc1cc2c(cc1NC(=O)COc1ccc(C(C)C)cc1Br)oc1ccccc12. The van der Waals surface area contributed by atoms with E-state index in [1.165, 1.54) is 5.56 Å². The molecule has 1 N–H and O–H groups in total. The van der Waals surface area contributed by atoms with Gasteiger partial charge in [0.15, 0.2) is 6.61 Å². The second-order valence-electron chi connectivity index (χ2n) is 7.33. The summed E-state index contributed by atoms with van der Waals surface area (Å²) in [5.41, 5.74) is 3.20. The molecule has 0 fully saturated rings. The van der Waals surface area contributed by atoms with Gasteiger partial charge in [-0.2, -0.15) is 0 Å². The predicted octanol–water partition coefficient (Wildman–Crippen LogP) is 6.50. The average Bonchev–Trinajstić information content (AvgIpc) is 3.09. The van der Waals surface area contributed by atoms with Gasteiger partial charge in [-0.15, -0.1) is 0 Å². The summed E-state index contributed by atoms with van der Waals surface area (Å²) >= 11 is 3.51. The zero-order valence-electron chi connectivity index (χ0n) is 17.0. The number of para-hydroxylation sites is 1. The van der Waals surface area contributed by atoms with Crippen LogP contribution in [0.4, 0.5) is 5.69 Å². The summed E-state index contributed by atoms with van der Waals surface area (Å²) < 4.78 is 17.9. The summed E-state index contributed by atoms with van der Waals surface area (Å²) in [4.78, 5) is 12.5. The third kappa shape index (κ3) is 4.00. The summed E-state index contributed by atoms with van der Waals surface area (Å²) in [7, 11) is 1.57. The quantitative estimate of drug-likeness (QED) is 0.351. The largest absolute Gasteiger partial charge is 0.495 e. The molecule has 0 unspecified atom stereocenters. The Bertz CT molecular complexity index is 1230. The third-order valence-corrected chi connectivity index (χ3v) is 5.57. The highest BCUT2D eigenvalue weighted by Crippen LogP contribution is 2.36. The van der Waals surface area contributed by atoms with E-state index in [4.69, 9.17) is 13.9 Å². The summed E-state index contributed by atoms with van der Waals surface area (Å²) in [6.07, 6.45) is 0. The van der Waals surface area contributed by atoms with Gasteiger partial charge in [-0.1, -0.05) is 38.1 Å². The van der Waals surface area contributed by atoms with Gasteiger partial charge >= 0.3 is 0 Å². The van der Waals surface area contributed by atoms with E-state index in [1.54, 1.807) is 13.2 Å². The number of benzene rings is 3. The second-order valence-corrected chi connectivity index (χ2v) is 8.18. The van der Waals surface area contributed by atoms with Crippen molar-refractivity contribution in [1.29, 1.82) is 0 Å². The Balaban J connectivity index is 1.52. The molecule has 5 nitrogen and oxygen atoms in total. The zero-order valence-corrected chi connectivity index (χ0v) is 18.6. The normalized spacial score (nSPS) is 11.2. The first-order chi connectivity index (χ1) is 14.5. The molecule has 1 heterocycles. The number of carbonyl (C=O) groups excluding carboxylic acids is 1. The minimum absolute atomic E-state index is 0.124. The lowest BCUT2D eigenvalue weighted by Gasteiger charge is -2.13. The van der Waals surface area contributed by atoms with Gasteiger partial charge in [-0.25, -0.2) is 0 Å². The Morgan fingerprint density at radius 2 is 1.83 bits per heavy atom. The molecule has 0 spiro atoms. The maximum atomic E-state index is 12.5. The molecule has 1 amide bonds. The Morgan fingerprint density at radius 1 is 1.03 bits per heavy atom. The number of ether oxygens (including phenoxy) is 2. The Kier molecular flexibility index (Phi) is 5.68. The van der Waals surface area contributed by atoms with Crippen LogP contribution in [-0.4, -0.2) is 19.6 Å². The van der Waals surface area contributed by atoms with E-state index in [1.807, 2.05) is 48.5 Å². The number of methoxy groups -OCH3 is 1. The van der Waals surface area contributed by atoms with Crippen molar-refractivity contribution in [2.24, 2.45) is 0 Å². The highest BCUT2D eigenvalue weighted by atomic mass is 79.9. The summed E-state index contributed by atoms with van der Waals surface area (Å²) in [5, 5.41) is 4.79. The molecule has 3 aromatic carbocycles. The maximum absolute atomic E-state index is 12.5. The Morgan fingerprint density at radius 3 is 2.57 bits per heavy atom. The van der Waals surface area contributed by atoms with Gasteiger partial charge in [0.2, 0.25) is 0 Å². The van der Waals surface area contributed by atoms with E-state index in [9.17, 15) is 4.79 Å². The van der Waals surface area contributed by atoms with Crippen LogP contribution in [0.3, 0.4) is 0 Å². The molecule has 0 aliphatic rings. The van der Waals surface area contributed by atoms with E-state index in [0.717, 1.165) is 20.8 Å². The van der Waals surface area contributed by atoms with Crippen molar-refractivity contribution >= 4 is 49.5 Å². The molecule has 0 atom stereocenters. The van der Waals surface area contributed by atoms with Crippen molar-refractivity contribution in [2.75, 3.05) is 19.0 Å². The number of amides is 1. The predicted molar refractivity (Wildman–Crippen MR) is 123 cm³/mol. The summed E-state index contributed by atoms with van der Waals surface area (Å²) in [6, 6.07) is 17.3. The molecule has 0 bridgehead atoms. The fourth-order valence-corrected chi connectivity index (χ4v) is 3.85. The zero-order chi connectivity index (χ0) is 21.3. The number of rotatable bonds is 6.